The normalized spacial score (nSPS) is 10.0. The molecule has 0 atom stereocenters. The number of hydrogen-bond donors (Lipinski definition) is 0. The highest BCUT2D eigenvalue weighted by Gasteiger charge is 2.05. The molecule has 0 saturated heterocycles. The molecular weight excluding hydrogens is 140 g/mol. The van der Waals surface area contributed by atoms with Crippen molar-refractivity contribution in [3.8, 4) is 0 Å². The highest BCUT2D eigenvalue weighted by Crippen LogP contribution is 2.15. The molecular formula is C9H12O2. The molecule has 2 nitrogen and oxygen atoms in total. The summed E-state index contributed by atoms with van der Waals surface area (Å²) in [6.07, 6.45) is 2.54. The Balaban J connectivity index is 3.01. The third-order valence-corrected chi connectivity index (χ3v) is 1.73. The molecule has 0 bridgehead atoms. The number of furan rings is 1. The maximum atomic E-state index is 10.3. The van der Waals surface area contributed by atoms with Gasteiger partial charge in [0.25, 0.3) is 0 Å². The summed E-state index contributed by atoms with van der Waals surface area (Å²) in [6.45, 7) is 4.07. The molecule has 0 spiro atoms. The van der Waals surface area contributed by atoms with Crippen molar-refractivity contribution in [2.45, 2.75) is 26.7 Å². The number of aldehydes is 1. The van der Waals surface area contributed by atoms with Crippen LogP contribution in [0.3, 0.4) is 0 Å². The lowest BCUT2D eigenvalue weighted by Crippen LogP contribution is -1.81. The number of carbonyl (C=O) groups excluding carboxylic acids is 1. The third kappa shape index (κ3) is 1.50. The van der Waals surface area contributed by atoms with Crippen LogP contribution in [0.1, 0.15) is 35.7 Å². The van der Waals surface area contributed by atoms with Crippen LogP contribution < -0.4 is 0 Å². The summed E-state index contributed by atoms with van der Waals surface area (Å²) in [5.41, 5.74) is 1.15. The van der Waals surface area contributed by atoms with Gasteiger partial charge in [0.05, 0.1) is 0 Å². The van der Waals surface area contributed by atoms with Gasteiger partial charge in [0.2, 0.25) is 0 Å². The third-order valence-electron chi connectivity index (χ3n) is 1.73. The summed E-state index contributed by atoms with van der Waals surface area (Å²) in [6, 6.07) is 1.81. The van der Waals surface area contributed by atoms with Gasteiger partial charge < -0.3 is 4.42 Å². The van der Waals surface area contributed by atoms with E-state index in [1.807, 2.05) is 13.0 Å². The zero-order valence-electron chi connectivity index (χ0n) is 6.89. The molecule has 11 heavy (non-hydrogen) atoms. The predicted octanol–water partition coefficient (Wildman–Crippen LogP) is 2.22. The molecule has 0 N–H and O–H groups in total. The van der Waals surface area contributed by atoms with Crippen LogP contribution in [-0.4, -0.2) is 6.29 Å². The second-order valence-corrected chi connectivity index (χ2v) is 2.42. The van der Waals surface area contributed by atoms with E-state index in [4.69, 9.17) is 4.42 Å². The van der Waals surface area contributed by atoms with E-state index in [1.54, 1.807) is 0 Å². The molecule has 1 aromatic heterocycles. The molecule has 1 aromatic rings. The van der Waals surface area contributed by atoms with Crippen LogP contribution in [0, 0.1) is 0 Å². The SMILES string of the molecule is CCc1cc(C=O)oc1CC. The van der Waals surface area contributed by atoms with E-state index >= 15 is 0 Å². The average molecular weight is 152 g/mol. The molecule has 1 heterocycles. The molecule has 0 aliphatic heterocycles. The lowest BCUT2D eigenvalue weighted by molar-refractivity contribution is 0.109. The maximum absolute atomic E-state index is 10.3. The molecule has 1 rings (SSSR count). The minimum Gasteiger partial charge on any atom is -0.458 e. The first-order valence-corrected chi connectivity index (χ1v) is 3.88. The van der Waals surface area contributed by atoms with Crippen molar-refractivity contribution in [3.05, 3.63) is 23.2 Å². The number of hydrogen-bond acceptors (Lipinski definition) is 2. The Kier molecular flexibility index (Phi) is 2.47. The van der Waals surface area contributed by atoms with Crippen LogP contribution >= 0.6 is 0 Å². The highest BCUT2D eigenvalue weighted by molar-refractivity contribution is 5.71. The van der Waals surface area contributed by atoms with E-state index in [1.165, 1.54) is 0 Å². The topological polar surface area (TPSA) is 30.2 Å². The summed E-state index contributed by atoms with van der Waals surface area (Å²) < 4.78 is 5.24. The lowest BCUT2D eigenvalue weighted by Gasteiger charge is -1.91. The number of carbonyl (C=O) groups is 1. The number of aryl methyl sites for hydroxylation is 2. The fourth-order valence-electron chi connectivity index (χ4n) is 1.15. The highest BCUT2D eigenvalue weighted by atomic mass is 16.3. The van der Waals surface area contributed by atoms with Gasteiger partial charge in [-0.3, -0.25) is 4.79 Å². The average Bonchev–Trinajstić information content (AvgIpc) is 2.46. The van der Waals surface area contributed by atoms with E-state index in [9.17, 15) is 4.79 Å². The standard InChI is InChI=1S/C9H12O2/c1-3-7-5-8(6-10)11-9(7)4-2/h5-6H,3-4H2,1-2H3. The zero-order chi connectivity index (χ0) is 8.27. The summed E-state index contributed by atoms with van der Waals surface area (Å²) in [5, 5.41) is 0. The zero-order valence-corrected chi connectivity index (χ0v) is 6.89. The Labute approximate surface area is 66.2 Å². The van der Waals surface area contributed by atoms with Gasteiger partial charge in [-0.2, -0.15) is 0 Å². The van der Waals surface area contributed by atoms with Crippen LogP contribution in [0.2, 0.25) is 0 Å². The van der Waals surface area contributed by atoms with Gasteiger partial charge in [0, 0.05) is 6.42 Å². The quantitative estimate of drug-likeness (QED) is 0.621. The molecule has 0 aromatic carbocycles. The van der Waals surface area contributed by atoms with Crippen molar-refractivity contribution in [2.24, 2.45) is 0 Å². The van der Waals surface area contributed by atoms with E-state index < -0.39 is 0 Å². The predicted molar refractivity (Wildman–Crippen MR) is 42.9 cm³/mol. The van der Waals surface area contributed by atoms with E-state index in [0.29, 0.717) is 5.76 Å². The summed E-state index contributed by atoms with van der Waals surface area (Å²) >= 11 is 0. The van der Waals surface area contributed by atoms with Crippen molar-refractivity contribution in [3.63, 3.8) is 0 Å². The fourth-order valence-corrected chi connectivity index (χ4v) is 1.15. The minimum absolute atomic E-state index is 0.443. The van der Waals surface area contributed by atoms with Crippen molar-refractivity contribution >= 4 is 6.29 Å². The van der Waals surface area contributed by atoms with Crippen LogP contribution in [0.4, 0.5) is 0 Å². The van der Waals surface area contributed by atoms with E-state index in [2.05, 4.69) is 6.92 Å². The maximum Gasteiger partial charge on any atom is 0.185 e. The second-order valence-electron chi connectivity index (χ2n) is 2.42. The van der Waals surface area contributed by atoms with Crippen LogP contribution in [0.5, 0.6) is 0 Å². The molecule has 0 saturated carbocycles. The van der Waals surface area contributed by atoms with Crippen LogP contribution in [0.15, 0.2) is 10.5 Å². The van der Waals surface area contributed by atoms with Gasteiger partial charge in [0.1, 0.15) is 5.76 Å². The first-order chi connectivity index (χ1) is 5.31. The minimum atomic E-state index is 0.443. The van der Waals surface area contributed by atoms with Crippen molar-refractivity contribution in [1.82, 2.24) is 0 Å². The van der Waals surface area contributed by atoms with E-state index in [0.717, 1.165) is 30.5 Å². The van der Waals surface area contributed by atoms with Gasteiger partial charge in [-0.1, -0.05) is 13.8 Å². The van der Waals surface area contributed by atoms with Gasteiger partial charge in [0.15, 0.2) is 12.0 Å². The first-order valence-electron chi connectivity index (χ1n) is 3.88. The second kappa shape index (κ2) is 3.37. The molecule has 0 unspecified atom stereocenters. The Morgan fingerprint density at radius 1 is 1.45 bits per heavy atom. The van der Waals surface area contributed by atoms with Crippen molar-refractivity contribution in [2.75, 3.05) is 0 Å². The van der Waals surface area contributed by atoms with Gasteiger partial charge in [-0.05, 0) is 18.1 Å². The lowest BCUT2D eigenvalue weighted by atomic mass is 10.1. The van der Waals surface area contributed by atoms with Crippen molar-refractivity contribution in [1.29, 1.82) is 0 Å². The molecule has 2 heteroatoms. The molecule has 0 radical (unpaired) electrons. The summed E-state index contributed by atoms with van der Waals surface area (Å²) in [5.74, 6) is 1.38. The summed E-state index contributed by atoms with van der Waals surface area (Å²) in [7, 11) is 0. The monoisotopic (exact) mass is 152 g/mol. The summed E-state index contributed by atoms with van der Waals surface area (Å²) in [4.78, 5) is 10.3. The van der Waals surface area contributed by atoms with Crippen LogP contribution in [-0.2, 0) is 12.8 Å². The van der Waals surface area contributed by atoms with Gasteiger partial charge >= 0.3 is 0 Å². The molecule has 0 amide bonds. The molecule has 0 aliphatic carbocycles. The Bertz CT molecular complexity index is 227. The molecule has 60 valence electrons. The first kappa shape index (κ1) is 8.05. The Morgan fingerprint density at radius 2 is 2.18 bits per heavy atom. The fraction of sp³-hybridized carbons (Fsp3) is 0.444. The molecule has 0 fully saturated rings. The largest absolute Gasteiger partial charge is 0.458 e. The Morgan fingerprint density at radius 3 is 2.55 bits per heavy atom. The van der Waals surface area contributed by atoms with E-state index in [-0.39, 0.29) is 0 Å². The van der Waals surface area contributed by atoms with Crippen LogP contribution in [0.25, 0.3) is 0 Å². The Hall–Kier alpha value is -1.05. The smallest absolute Gasteiger partial charge is 0.185 e. The van der Waals surface area contributed by atoms with Gasteiger partial charge in [-0.25, -0.2) is 0 Å². The number of rotatable bonds is 3. The van der Waals surface area contributed by atoms with Gasteiger partial charge in [-0.15, -0.1) is 0 Å². The molecule has 0 aliphatic rings. The van der Waals surface area contributed by atoms with Crippen molar-refractivity contribution < 1.29 is 9.21 Å².